The predicted molar refractivity (Wildman–Crippen MR) is 116 cm³/mol. The fourth-order valence-corrected chi connectivity index (χ4v) is 6.08. The van der Waals surface area contributed by atoms with Crippen LogP contribution in [0.25, 0.3) is 0 Å². The van der Waals surface area contributed by atoms with Gasteiger partial charge >= 0.3 is 10.1 Å². The second kappa shape index (κ2) is 10.3. The largest absolute Gasteiger partial charge is 0.489 e. The molecule has 0 aliphatic heterocycles. The van der Waals surface area contributed by atoms with Crippen molar-refractivity contribution in [2.24, 2.45) is 0 Å². The molecular weight excluding hydrogens is 416 g/mol. The van der Waals surface area contributed by atoms with Gasteiger partial charge in [0.05, 0.1) is 12.4 Å². The molecule has 2 rings (SSSR count). The van der Waals surface area contributed by atoms with E-state index in [2.05, 4.69) is 3.63 Å². The molecule has 0 spiro atoms. The normalized spacial score (nSPS) is 13.7. The van der Waals surface area contributed by atoms with Crippen LogP contribution in [0.1, 0.15) is 5.56 Å². The Bertz CT molecular complexity index is 880. The quantitative estimate of drug-likeness (QED) is 0.407. The third-order valence-electron chi connectivity index (χ3n) is 3.95. The van der Waals surface area contributed by atoms with Crippen LogP contribution in [0.4, 0.5) is 0 Å². The number of aliphatic hydroxyl groups is 2. The van der Waals surface area contributed by atoms with Gasteiger partial charge in [0.25, 0.3) is 0 Å². The Hall–Kier alpha value is -1.78. The van der Waals surface area contributed by atoms with Gasteiger partial charge in [-0.1, -0.05) is 29.8 Å². The molecular formula is C20H29O7S2+. The molecule has 7 nitrogen and oxygen atoms in total. The lowest BCUT2D eigenvalue weighted by molar-refractivity contribution is 0.0525. The molecule has 0 amide bonds. The van der Waals surface area contributed by atoms with Crippen LogP contribution >= 0.6 is 10.3 Å². The Morgan fingerprint density at radius 3 is 2.17 bits per heavy atom. The molecule has 162 valence electrons. The first-order valence-electron chi connectivity index (χ1n) is 9.03. The summed E-state index contributed by atoms with van der Waals surface area (Å²) >= 11 is 0. The molecule has 0 aliphatic rings. The second-order valence-electron chi connectivity index (χ2n) is 6.99. The number of para-hydroxylation sites is 2. The molecule has 0 radical (unpaired) electrons. The monoisotopic (exact) mass is 445 g/mol. The summed E-state index contributed by atoms with van der Waals surface area (Å²) in [5.41, 5.74) is 0.983. The molecule has 1 unspecified atom stereocenters. The first kappa shape index (κ1) is 23.5. The van der Waals surface area contributed by atoms with Gasteiger partial charge in [-0.25, -0.2) is 0 Å². The minimum atomic E-state index is -3.73. The Kier molecular flexibility index (Phi) is 8.35. The summed E-state index contributed by atoms with van der Waals surface area (Å²) in [6.45, 7) is 1.71. The van der Waals surface area contributed by atoms with E-state index in [1.165, 1.54) is 0 Å². The Morgan fingerprint density at radius 2 is 1.59 bits per heavy atom. The standard InChI is InChI=1S/C20H28O7S2/c1-16-8-10-18(11-9-16)29(23,24)27-28(2,3)13-12-25-19-6-4-5-7-20(19)26-15-17(22)14-21/h4-11,17,21-22H,12-15H2,1-3H3/p+1. The van der Waals surface area contributed by atoms with Gasteiger partial charge < -0.3 is 19.7 Å². The molecule has 0 heterocycles. The molecule has 0 aromatic heterocycles. The van der Waals surface area contributed by atoms with Gasteiger partial charge in [-0.3, -0.25) is 3.63 Å². The third-order valence-corrected chi connectivity index (χ3v) is 8.38. The summed E-state index contributed by atoms with van der Waals surface area (Å²) in [5.74, 6) is 1.37. The lowest BCUT2D eigenvalue weighted by Gasteiger charge is -2.25. The van der Waals surface area contributed by atoms with Crippen molar-refractivity contribution >= 4 is 20.4 Å². The zero-order chi connectivity index (χ0) is 21.5. The fraction of sp³-hybridized carbons (Fsp3) is 0.400. The highest BCUT2D eigenvalue weighted by atomic mass is 32.3. The van der Waals surface area contributed by atoms with Crippen LogP contribution < -0.4 is 9.47 Å². The second-order valence-corrected chi connectivity index (χ2v) is 12.4. The summed E-state index contributed by atoms with van der Waals surface area (Å²) in [7, 11) is -5.54. The Balaban J connectivity index is 1.95. The third kappa shape index (κ3) is 7.52. The fourth-order valence-electron chi connectivity index (χ4n) is 2.34. The topological polar surface area (TPSA) is 106 Å². The van der Waals surface area contributed by atoms with Crippen molar-refractivity contribution in [1.82, 2.24) is 0 Å². The van der Waals surface area contributed by atoms with Crippen LogP contribution in [-0.4, -0.2) is 66.4 Å². The summed E-state index contributed by atoms with van der Waals surface area (Å²) in [6, 6.07) is 13.6. The maximum absolute atomic E-state index is 12.6. The van der Waals surface area contributed by atoms with Crippen molar-refractivity contribution in [1.29, 1.82) is 0 Å². The van der Waals surface area contributed by atoms with E-state index in [0.29, 0.717) is 17.3 Å². The molecule has 0 fully saturated rings. The number of benzene rings is 2. The maximum Gasteiger partial charge on any atom is 0.421 e. The van der Waals surface area contributed by atoms with Crippen molar-refractivity contribution in [3.8, 4) is 11.5 Å². The molecule has 0 saturated heterocycles. The van der Waals surface area contributed by atoms with Crippen molar-refractivity contribution in [3.63, 3.8) is 0 Å². The Morgan fingerprint density at radius 1 is 1.00 bits per heavy atom. The van der Waals surface area contributed by atoms with Gasteiger partial charge in [-0.15, -0.1) is 8.42 Å². The van der Waals surface area contributed by atoms with Crippen LogP contribution in [0.15, 0.2) is 53.4 Å². The zero-order valence-corrected chi connectivity index (χ0v) is 18.4. The van der Waals surface area contributed by atoms with Crippen molar-refractivity contribution in [2.75, 3.05) is 38.1 Å². The van der Waals surface area contributed by atoms with Crippen molar-refractivity contribution in [2.45, 2.75) is 17.9 Å². The van der Waals surface area contributed by atoms with E-state index in [-0.39, 0.29) is 18.1 Å². The van der Waals surface area contributed by atoms with E-state index < -0.39 is 33.1 Å². The SMILES string of the molecule is Cc1ccc(S(=O)(=O)[OH+]S(C)(C)CCOc2ccccc2OCC(O)CO)cc1. The molecule has 2 aromatic carbocycles. The van der Waals surface area contributed by atoms with E-state index >= 15 is 0 Å². The number of aliphatic hydroxyl groups excluding tert-OH is 2. The lowest BCUT2D eigenvalue weighted by Crippen LogP contribution is -2.22. The van der Waals surface area contributed by atoms with E-state index in [0.717, 1.165) is 5.56 Å². The molecule has 0 saturated carbocycles. The zero-order valence-electron chi connectivity index (χ0n) is 16.8. The number of rotatable bonds is 11. The van der Waals surface area contributed by atoms with E-state index in [9.17, 15) is 13.5 Å². The van der Waals surface area contributed by atoms with Gasteiger partial charge in [-0.05, 0) is 41.5 Å². The van der Waals surface area contributed by atoms with E-state index in [1.54, 1.807) is 48.5 Å². The minimum Gasteiger partial charge on any atom is -0.489 e. The van der Waals surface area contributed by atoms with Crippen LogP contribution in [0.3, 0.4) is 0 Å². The number of ether oxygens (including phenoxy) is 2. The average molecular weight is 446 g/mol. The molecule has 29 heavy (non-hydrogen) atoms. The number of aryl methyl sites for hydroxylation is 1. The molecule has 0 bridgehead atoms. The van der Waals surface area contributed by atoms with Gasteiger partial charge in [0.15, 0.2) is 11.5 Å². The van der Waals surface area contributed by atoms with E-state index in [4.69, 9.17) is 14.6 Å². The summed E-state index contributed by atoms with van der Waals surface area (Å²) in [5, 5.41) is 18.3. The first-order chi connectivity index (χ1) is 13.6. The number of hydrogen-bond donors (Lipinski definition) is 2. The van der Waals surface area contributed by atoms with Gasteiger partial charge in [0.1, 0.15) is 24.2 Å². The smallest absolute Gasteiger partial charge is 0.421 e. The lowest BCUT2D eigenvalue weighted by atomic mass is 10.2. The highest BCUT2D eigenvalue weighted by Crippen LogP contribution is 2.41. The van der Waals surface area contributed by atoms with Crippen molar-refractivity contribution < 1.29 is 31.7 Å². The number of hydrogen-bond acceptors (Lipinski definition) is 6. The van der Waals surface area contributed by atoms with Crippen LogP contribution in [-0.2, 0) is 10.1 Å². The molecule has 2 aromatic rings. The minimum absolute atomic E-state index is 0.0578. The molecule has 0 aliphatic carbocycles. The van der Waals surface area contributed by atoms with Gasteiger partial charge in [0, 0.05) is 12.5 Å². The molecule has 9 heteroatoms. The van der Waals surface area contributed by atoms with Crippen LogP contribution in [0.5, 0.6) is 11.5 Å². The summed E-state index contributed by atoms with van der Waals surface area (Å²) < 4.78 is 40.5. The average Bonchev–Trinajstić information content (AvgIpc) is 2.66. The predicted octanol–water partition coefficient (Wildman–Crippen LogP) is 2.57. The van der Waals surface area contributed by atoms with Crippen LogP contribution in [0.2, 0.25) is 0 Å². The first-order valence-corrected chi connectivity index (χ1v) is 13.0. The van der Waals surface area contributed by atoms with Gasteiger partial charge in [0.2, 0.25) is 0 Å². The molecule has 1 atom stereocenters. The highest BCUT2D eigenvalue weighted by molar-refractivity contribution is 8.31. The Labute approximate surface area is 173 Å². The van der Waals surface area contributed by atoms with Crippen molar-refractivity contribution in [3.05, 3.63) is 54.1 Å². The van der Waals surface area contributed by atoms with E-state index in [1.807, 2.05) is 19.4 Å². The molecule has 3 N–H and O–H groups in total. The summed E-state index contributed by atoms with van der Waals surface area (Å²) in [4.78, 5) is 0.186. The van der Waals surface area contributed by atoms with Gasteiger partial charge in [-0.2, -0.15) is 0 Å². The summed E-state index contributed by atoms with van der Waals surface area (Å²) in [6.07, 6.45) is 2.67. The maximum atomic E-state index is 12.6. The van der Waals surface area contributed by atoms with Crippen LogP contribution in [0, 0.1) is 6.92 Å². The highest BCUT2D eigenvalue weighted by Gasteiger charge is 2.30.